The van der Waals surface area contributed by atoms with Gasteiger partial charge in [0.1, 0.15) is 11.7 Å². The van der Waals surface area contributed by atoms with Crippen molar-refractivity contribution in [3.05, 3.63) is 106 Å². The Morgan fingerprint density at radius 1 is 1.10 bits per heavy atom. The van der Waals surface area contributed by atoms with Crippen LogP contribution in [0.2, 0.25) is 0 Å². The molecule has 2 amide bonds. The highest BCUT2D eigenvalue weighted by atomic mass is 16.6. The molecule has 2 heterocycles. The molecule has 1 aliphatic heterocycles. The largest absolute Gasteiger partial charge is 0.356 e. The number of nitro groups is 1. The second-order valence-electron chi connectivity index (χ2n) is 9.66. The fourth-order valence-corrected chi connectivity index (χ4v) is 4.75. The highest BCUT2D eigenvalue weighted by Gasteiger charge is 2.36. The van der Waals surface area contributed by atoms with Crippen LogP contribution in [0.15, 0.2) is 77.9 Å². The number of hydrogen-bond donors (Lipinski definition) is 3. The summed E-state index contributed by atoms with van der Waals surface area (Å²) >= 11 is 0. The first-order chi connectivity index (χ1) is 19.3. The van der Waals surface area contributed by atoms with E-state index in [1.165, 1.54) is 19.1 Å². The van der Waals surface area contributed by atoms with E-state index >= 15 is 0 Å². The first-order valence-electron chi connectivity index (χ1n) is 12.9. The molecule has 1 unspecified atom stereocenters. The third-order valence-electron chi connectivity index (χ3n) is 6.75. The molecule has 40 heavy (non-hydrogen) atoms. The van der Waals surface area contributed by atoms with Crippen LogP contribution in [0, 0.1) is 17.0 Å². The molecule has 0 radical (unpaired) electrons. The number of fused-ring (bicyclic) bond motifs is 1. The third-order valence-corrected chi connectivity index (χ3v) is 6.75. The lowest BCUT2D eigenvalue weighted by Crippen LogP contribution is -2.22. The molecule has 1 aromatic heterocycles. The number of H-pyrrole nitrogens is 1. The number of anilines is 1. The number of non-ortho nitro benzene ring substituents is 1. The molecule has 0 spiro atoms. The first-order valence-corrected chi connectivity index (χ1v) is 12.9. The zero-order chi connectivity index (χ0) is 28.2. The van der Waals surface area contributed by atoms with E-state index in [-0.39, 0.29) is 17.5 Å². The highest BCUT2D eigenvalue weighted by Crippen LogP contribution is 2.38. The molecular formula is C30H28N6O4. The molecule has 3 aromatic carbocycles. The van der Waals surface area contributed by atoms with Gasteiger partial charge in [-0.2, -0.15) is 0 Å². The number of nitrogens with one attached hydrogen (secondary N) is 3. The Bertz CT molecular complexity index is 1610. The van der Waals surface area contributed by atoms with Crippen LogP contribution in [0.1, 0.15) is 41.8 Å². The number of aromatic nitrogens is 2. The SMILES string of the molecule is CC(=O)NCCCc1ccc(C(=Nc2ccc(-c3cnc(C)[nH]3)cc2)C2C(=O)Nc3ccc([N+](=O)[O-])cc32)cc1. The Hall–Kier alpha value is -5.12. The van der Waals surface area contributed by atoms with Crippen LogP contribution in [-0.4, -0.2) is 39.0 Å². The van der Waals surface area contributed by atoms with Gasteiger partial charge in [-0.1, -0.05) is 36.4 Å². The van der Waals surface area contributed by atoms with Crippen LogP contribution in [-0.2, 0) is 16.0 Å². The van der Waals surface area contributed by atoms with Gasteiger partial charge < -0.3 is 15.6 Å². The standard InChI is InChI=1S/C30H28N6O4/c1-18-32-17-27(33-18)21-9-11-23(12-10-21)34-29(22-7-5-20(6-8-22)4-3-15-31-19(2)37)28-25-16-24(36(39)40)13-14-26(25)35-30(28)38/h5-14,16-17,28H,3-4,15H2,1-2H3,(H,31,37)(H,32,33)(H,35,38). The summed E-state index contributed by atoms with van der Waals surface area (Å²) in [5.74, 6) is -0.356. The van der Waals surface area contributed by atoms with Crippen LogP contribution in [0.3, 0.4) is 0 Å². The average molecular weight is 537 g/mol. The molecule has 10 nitrogen and oxygen atoms in total. The van der Waals surface area contributed by atoms with Crippen molar-refractivity contribution in [1.82, 2.24) is 15.3 Å². The number of benzene rings is 3. The minimum atomic E-state index is -0.824. The van der Waals surface area contributed by atoms with E-state index in [1.54, 1.807) is 12.3 Å². The summed E-state index contributed by atoms with van der Waals surface area (Å²) in [6.45, 7) is 3.97. The van der Waals surface area contributed by atoms with Crippen molar-refractivity contribution >= 4 is 34.6 Å². The summed E-state index contributed by atoms with van der Waals surface area (Å²) in [4.78, 5) is 47.8. The number of rotatable bonds is 9. The fourth-order valence-electron chi connectivity index (χ4n) is 4.75. The second kappa shape index (κ2) is 11.3. The van der Waals surface area contributed by atoms with E-state index in [1.807, 2.05) is 55.5 Å². The average Bonchev–Trinajstić information content (AvgIpc) is 3.52. The molecule has 202 valence electrons. The minimum Gasteiger partial charge on any atom is -0.356 e. The zero-order valence-electron chi connectivity index (χ0n) is 22.1. The van der Waals surface area contributed by atoms with Gasteiger partial charge in [0.25, 0.3) is 5.69 Å². The number of aryl methyl sites for hydroxylation is 2. The maximum atomic E-state index is 13.2. The summed E-state index contributed by atoms with van der Waals surface area (Å²) in [6, 6.07) is 19.7. The van der Waals surface area contributed by atoms with E-state index in [9.17, 15) is 19.7 Å². The molecule has 0 saturated heterocycles. The van der Waals surface area contributed by atoms with E-state index in [0.29, 0.717) is 29.2 Å². The Morgan fingerprint density at radius 2 is 1.85 bits per heavy atom. The van der Waals surface area contributed by atoms with Gasteiger partial charge >= 0.3 is 0 Å². The van der Waals surface area contributed by atoms with Gasteiger partial charge in [0.15, 0.2) is 0 Å². The van der Waals surface area contributed by atoms with Gasteiger partial charge in [-0.25, -0.2) is 4.98 Å². The number of carbonyl (C=O) groups is 2. The Balaban J connectivity index is 1.51. The Labute approximate surface area is 230 Å². The lowest BCUT2D eigenvalue weighted by Gasteiger charge is -2.15. The third kappa shape index (κ3) is 5.80. The summed E-state index contributed by atoms with van der Waals surface area (Å²) < 4.78 is 0. The van der Waals surface area contributed by atoms with E-state index < -0.39 is 10.8 Å². The zero-order valence-corrected chi connectivity index (χ0v) is 22.1. The van der Waals surface area contributed by atoms with Crippen molar-refractivity contribution in [2.75, 3.05) is 11.9 Å². The molecule has 3 N–H and O–H groups in total. The van der Waals surface area contributed by atoms with Crippen molar-refractivity contribution in [2.45, 2.75) is 32.6 Å². The van der Waals surface area contributed by atoms with Crippen molar-refractivity contribution in [3.8, 4) is 11.3 Å². The molecule has 5 rings (SSSR count). The van der Waals surface area contributed by atoms with Gasteiger partial charge in [-0.15, -0.1) is 0 Å². The van der Waals surface area contributed by atoms with Crippen LogP contribution in [0.5, 0.6) is 0 Å². The lowest BCUT2D eigenvalue weighted by atomic mass is 9.89. The minimum absolute atomic E-state index is 0.0562. The van der Waals surface area contributed by atoms with Crippen LogP contribution < -0.4 is 10.6 Å². The monoisotopic (exact) mass is 536 g/mol. The molecular weight excluding hydrogens is 508 g/mol. The number of nitro benzene ring substituents is 1. The smallest absolute Gasteiger partial charge is 0.269 e. The summed E-state index contributed by atoms with van der Waals surface area (Å²) in [7, 11) is 0. The number of aromatic amines is 1. The molecule has 0 aliphatic carbocycles. The molecule has 1 atom stereocenters. The first kappa shape index (κ1) is 26.5. The summed E-state index contributed by atoms with van der Waals surface area (Å²) in [5.41, 5.74) is 5.75. The van der Waals surface area contributed by atoms with Crippen LogP contribution >= 0.6 is 0 Å². The Morgan fingerprint density at radius 3 is 2.50 bits per heavy atom. The molecule has 0 bridgehead atoms. The normalized spacial score (nSPS) is 14.5. The topological polar surface area (TPSA) is 142 Å². The van der Waals surface area contributed by atoms with Gasteiger partial charge in [-0.3, -0.25) is 24.7 Å². The lowest BCUT2D eigenvalue weighted by molar-refractivity contribution is -0.384. The predicted molar refractivity (Wildman–Crippen MR) is 153 cm³/mol. The maximum absolute atomic E-state index is 13.2. The van der Waals surface area contributed by atoms with Crippen molar-refractivity contribution in [3.63, 3.8) is 0 Å². The fraction of sp³-hybridized carbons (Fsp3) is 0.200. The molecule has 0 fully saturated rings. The number of amides is 2. The number of imidazole rings is 1. The number of aliphatic imine (C=N–C) groups is 1. The molecule has 4 aromatic rings. The Kier molecular flexibility index (Phi) is 7.50. The number of nitrogens with zero attached hydrogens (tertiary/aromatic N) is 3. The van der Waals surface area contributed by atoms with Crippen molar-refractivity contribution < 1.29 is 14.5 Å². The quantitative estimate of drug-likeness (QED) is 0.116. The van der Waals surface area contributed by atoms with E-state index in [0.717, 1.165) is 41.1 Å². The van der Waals surface area contributed by atoms with Gasteiger partial charge in [0.05, 0.1) is 28.2 Å². The van der Waals surface area contributed by atoms with Gasteiger partial charge in [0, 0.05) is 36.9 Å². The van der Waals surface area contributed by atoms with Crippen LogP contribution in [0.4, 0.5) is 17.1 Å². The van der Waals surface area contributed by atoms with E-state index in [2.05, 4.69) is 20.6 Å². The summed E-state index contributed by atoms with van der Waals surface area (Å²) in [6.07, 6.45) is 3.34. The highest BCUT2D eigenvalue weighted by molar-refractivity contribution is 6.24. The second-order valence-corrected chi connectivity index (χ2v) is 9.66. The van der Waals surface area contributed by atoms with Crippen molar-refractivity contribution in [2.24, 2.45) is 4.99 Å². The van der Waals surface area contributed by atoms with Gasteiger partial charge in [-0.05, 0) is 54.7 Å². The molecule has 1 aliphatic rings. The van der Waals surface area contributed by atoms with E-state index in [4.69, 9.17) is 4.99 Å². The molecule has 10 heteroatoms. The number of carbonyl (C=O) groups excluding carboxylic acids is 2. The number of hydrogen-bond acceptors (Lipinski definition) is 6. The maximum Gasteiger partial charge on any atom is 0.269 e. The predicted octanol–water partition coefficient (Wildman–Crippen LogP) is 5.22. The molecule has 0 saturated carbocycles. The van der Waals surface area contributed by atoms with Gasteiger partial charge in [0.2, 0.25) is 11.8 Å². The van der Waals surface area contributed by atoms with Crippen LogP contribution in [0.25, 0.3) is 11.3 Å². The van der Waals surface area contributed by atoms with Crippen molar-refractivity contribution in [1.29, 1.82) is 0 Å². The summed E-state index contributed by atoms with van der Waals surface area (Å²) in [5, 5.41) is 17.1.